The summed E-state index contributed by atoms with van der Waals surface area (Å²) in [5.74, 6) is 4.72. The van der Waals surface area contributed by atoms with E-state index >= 15 is 0 Å². The minimum atomic E-state index is -0.589. The number of carbonyl (C=O) groups is 1. The van der Waals surface area contributed by atoms with Crippen molar-refractivity contribution in [3.63, 3.8) is 0 Å². The maximum atomic E-state index is 14.1. The number of aromatic nitrogens is 2. The van der Waals surface area contributed by atoms with Gasteiger partial charge in [-0.3, -0.25) is 4.79 Å². The third-order valence-electron chi connectivity index (χ3n) is 5.52. The van der Waals surface area contributed by atoms with Crippen LogP contribution >= 0.6 is 0 Å². The van der Waals surface area contributed by atoms with Crippen molar-refractivity contribution in [3.05, 3.63) is 76.4 Å². The number of halogens is 2. The van der Waals surface area contributed by atoms with Gasteiger partial charge >= 0.3 is 0 Å². The van der Waals surface area contributed by atoms with Crippen LogP contribution in [0.2, 0.25) is 0 Å². The van der Waals surface area contributed by atoms with Crippen LogP contribution in [0.5, 0.6) is 0 Å². The number of rotatable bonds is 4. The molecule has 0 saturated carbocycles. The Morgan fingerprint density at radius 1 is 1.28 bits per heavy atom. The molecule has 0 N–H and O–H groups in total. The van der Waals surface area contributed by atoms with Gasteiger partial charge in [0.15, 0.2) is 6.29 Å². The second-order valence-corrected chi connectivity index (χ2v) is 7.57. The van der Waals surface area contributed by atoms with Gasteiger partial charge in [0.25, 0.3) is 0 Å². The molecule has 1 unspecified atom stereocenters. The third kappa shape index (κ3) is 3.72. The van der Waals surface area contributed by atoms with Crippen molar-refractivity contribution in [3.8, 4) is 29.2 Å². The van der Waals surface area contributed by atoms with Crippen LogP contribution in [0.25, 0.3) is 22.2 Å². The number of nitriles is 1. The zero-order valence-electron chi connectivity index (χ0n) is 17.6. The summed E-state index contributed by atoms with van der Waals surface area (Å²) in [7, 11) is 0. The van der Waals surface area contributed by atoms with Crippen molar-refractivity contribution < 1.29 is 13.6 Å². The van der Waals surface area contributed by atoms with Gasteiger partial charge in [0.1, 0.15) is 29.4 Å². The highest BCUT2D eigenvalue weighted by atomic mass is 19.1. The molecule has 32 heavy (non-hydrogen) atoms. The molecular weight excluding hydrogens is 408 g/mol. The molecule has 3 aromatic rings. The second kappa shape index (κ2) is 8.61. The lowest BCUT2D eigenvalue weighted by Crippen LogP contribution is -2.12. The predicted octanol–water partition coefficient (Wildman–Crippen LogP) is 5.59. The highest BCUT2D eigenvalue weighted by Gasteiger charge is 2.21. The molecule has 0 saturated heterocycles. The van der Waals surface area contributed by atoms with E-state index in [-0.39, 0.29) is 17.6 Å². The fourth-order valence-electron chi connectivity index (χ4n) is 3.77. The molecule has 0 bridgehead atoms. The smallest absolute Gasteiger partial charge is 0.152 e. The molecule has 1 heterocycles. The van der Waals surface area contributed by atoms with Crippen LogP contribution in [-0.4, -0.2) is 16.1 Å². The maximum Gasteiger partial charge on any atom is 0.152 e. The fraction of sp³-hybridized carbons (Fsp3) is 0.192. The highest BCUT2D eigenvalue weighted by Crippen LogP contribution is 2.34. The van der Waals surface area contributed by atoms with E-state index in [1.165, 1.54) is 18.2 Å². The topological polar surface area (TPSA) is 58.7 Å². The van der Waals surface area contributed by atoms with Crippen LogP contribution in [-0.2, 0) is 11.2 Å². The van der Waals surface area contributed by atoms with Gasteiger partial charge in [-0.15, -0.1) is 0 Å². The zero-order chi connectivity index (χ0) is 22.8. The summed E-state index contributed by atoms with van der Waals surface area (Å²) < 4.78 is 29.7. The summed E-state index contributed by atoms with van der Waals surface area (Å²) >= 11 is 0. The lowest BCUT2D eigenvalue weighted by atomic mass is 10.0. The van der Waals surface area contributed by atoms with Crippen molar-refractivity contribution >= 4 is 17.2 Å². The Morgan fingerprint density at radius 2 is 2.09 bits per heavy atom. The number of hydrogen-bond donors (Lipinski definition) is 0. The normalized spacial score (nSPS) is 18.2. The molecule has 0 amide bonds. The molecular formula is C26H19F2N3O. The van der Waals surface area contributed by atoms with Crippen LogP contribution in [0, 0.1) is 29.0 Å². The Hall–Kier alpha value is -4.03. The minimum absolute atomic E-state index is 0.0244. The highest BCUT2D eigenvalue weighted by molar-refractivity contribution is 5.94. The molecule has 0 fully saturated rings. The van der Waals surface area contributed by atoms with E-state index in [2.05, 4.69) is 11.8 Å². The molecule has 0 spiro atoms. The molecule has 1 atom stereocenters. The Kier molecular flexibility index (Phi) is 5.71. The number of aryl methyl sites for hydroxylation is 1. The van der Waals surface area contributed by atoms with Crippen LogP contribution < -0.4 is 0 Å². The molecule has 1 aromatic heterocycles. The number of fused-ring (bicyclic) bond motifs is 1. The Labute approximate surface area is 184 Å². The van der Waals surface area contributed by atoms with Gasteiger partial charge in [-0.25, -0.2) is 13.5 Å². The molecule has 6 heteroatoms. The largest absolute Gasteiger partial charge is 0.298 e. The number of carbonyl (C=O) groups excluding carboxylic acids is 1. The van der Waals surface area contributed by atoms with Gasteiger partial charge in [-0.1, -0.05) is 24.8 Å². The van der Waals surface area contributed by atoms with Crippen molar-refractivity contribution in [1.82, 2.24) is 9.78 Å². The standard InChI is InChI=1S/C26H19F2N3O/c1-3-17-7-10-25-21(12-17)26(18-8-9-23(28)19(13-18)14-29)30-31(25)24-6-4-5-22(27)20(15-32)11-16(24)2/h7-13,15,24H,3,5H2,1-2H3/b16-11?,22-20-. The van der Waals surface area contributed by atoms with Crippen LogP contribution in [0.4, 0.5) is 8.78 Å². The predicted molar refractivity (Wildman–Crippen MR) is 119 cm³/mol. The first kappa shape index (κ1) is 21.2. The molecule has 4 rings (SSSR count). The Bertz CT molecular complexity index is 1410. The number of nitrogens with zero attached hydrogens (tertiary/aromatic N) is 3. The molecule has 0 aliphatic heterocycles. The summed E-state index contributed by atoms with van der Waals surface area (Å²) in [5, 5.41) is 14.9. The van der Waals surface area contributed by atoms with Gasteiger partial charge in [0.2, 0.25) is 0 Å². The van der Waals surface area contributed by atoms with E-state index in [1.54, 1.807) is 17.7 Å². The molecule has 158 valence electrons. The van der Waals surface area contributed by atoms with Gasteiger partial charge in [0.05, 0.1) is 17.5 Å². The van der Waals surface area contributed by atoms with E-state index in [4.69, 9.17) is 5.10 Å². The average Bonchev–Trinajstić information content (AvgIpc) is 3.17. The van der Waals surface area contributed by atoms with Gasteiger partial charge in [-0.2, -0.15) is 10.4 Å². The van der Waals surface area contributed by atoms with E-state index in [9.17, 15) is 18.8 Å². The number of aldehydes is 1. The lowest BCUT2D eigenvalue weighted by molar-refractivity contribution is -0.104. The first-order valence-electron chi connectivity index (χ1n) is 10.2. The summed E-state index contributed by atoms with van der Waals surface area (Å²) in [6.07, 6.45) is 2.66. The van der Waals surface area contributed by atoms with Crippen molar-refractivity contribution in [1.29, 1.82) is 5.26 Å². The number of benzene rings is 2. The minimum Gasteiger partial charge on any atom is -0.298 e. The second-order valence-electron chi connectivity index (χ2n) is 7.57. The van der Waals surface area contributed by atoms with E-state index in [1.807, 2.05) is 31.2 Å². The third-order valence-corrected chi connectivity index (χ3v) is 5.52. The van der Waals surface area contributed by atoms with Crippen molar-refractivity contribution in [2.75, 3.05) is 0 Å². The van der Waals surface area contributed by atoms with E-state index in [0.717, 1.165) is 22.9 Å². The lowest BCUT2D eigenvalue weighted by Gasteiger charge is -2.15. The number of allylic oxidation sites excluding steroid dienone is 4. The molecule has 1 aliphatic carbocycles. The first-order valence-corrected chi connectivity index (χ1v) is 10.2. The maximum absolute atomic E-state index is 14.1. The van der Waals surface area contributed by atoms with E-state index < -0.39 is 17.7 Å². The summed E-state index contributed by atoms with van der Waals surface area (Å²) in [4.78, 5) is 11.3. The Balaban J connectivity index is 1.97. The number of hydrogen-bond acceptors (Lipinski definition) is 3. The van der Waals surface area contributed by atoms with Crippen LogP contribution in [0.3, 0.4) is 0 Å². The molecule has 2 aromatic carbocycles. The summed E-state index contributed by atoms with van der Waals surface area (Å²) in [6, 6.07) is 11.7. The average molecular weight is 427 g/mol. The quantitative estimate of drug-likeness (QED) is 0.403. The molecule has 4 nitrogen and oxygen atoms in total. The first-order chi connectivity index (χ1) is 15.5. The monoisotopic (exact) mass is 427 g/mol. The van der Waals surface area contributed by atoms with Crippen molar-refractivity contribution in [2.45, 2.75) is 32.7 Å². The van der Waals surface area contributed by atoms with Crippen molar-refractivity contribution in [2.24, 2.45) is 0 Å². The van der Waals surface area contributed by atoms with Crippen LogP contribution in [0.15, 0.2) is 59.4 Å². The summed E-state index contributed by atoms with van der Waals surface area (Å²) in [6.45, 7) is 3.83. The molecule has 1 aliphatic rings. The zero-order valence-corrected chi connectivity index (χ0v) is 17.6. The SMILES string of the molecule is CCc1ccc2c(c1)c(-c1ccc(F)c(C#N)c1)nn2C1C#CC/C(F)=C(/C=O)C=C1C. The van der Waals surface area contributed by atoms with Gasteiger partial charge < -0.3 is 0 Å². The van der Waals surface area contributed by atoms with Gasteiger partial charge in [0, 0.05) is 16.5 Å². The van der Waals surface area contributed by atoms with Crippen LogP contribution in [0.1, 0.15) is 37.4 Å². The van der Waals surface area contributed by atoms with Gasteiger partial charge in [-0.05, 0) is 60.9 Å². The van der Waals surface area contributed by atoms with E-state index in [0.29, 0.717) is 23.1 Å². The Morgan fingerprint density at radius 3 is 2.81 bits per heavy atom. The molecule has 0 radical (unpaired) electrons. The summed E-state index contributed by atoms with van der Waals surface area (Å²) in [5.41, 5.74) is 3.69. The fourth-order valence-corrected chi connectivity index (χ4v) is 3.77.